The highest BCUT2D eigenvalue weighted by Crippen LogP contribution is 2.40. The molecule has 2 N–H and O–H groups in total. The van der Waals surface area contributed by atoms with Crippen molar-refractivity contribution in [2.75, 3.05) is 26.7 Å². The quantitative estimate of drug-likeness (QED) is 0.671. The molecular formula is C15H28N2O2. The topological polar surface area (TPSA) is 52.6 Å². The third kappa shape index (κ3) is 3.48. The van der Waals surface area contributed by atoms with E-state index in [4.69, 9.17) is 0 Å². The Morgan fingerprint density at radius 3 is 2.47 bits per heavy atom. The van der Waals surface area contributed by atoms with E-state index in [2.05, 4.69) is 24.2 Å². The van der Waals surface area contributed by atoms with Gasteiger partial charge in [-0.2, -0.15) is 0 Å². The van der Waals surface area contributed by atoms with Crippen molar-refractivity contribution in [3.63, 3.8) is 0 Å². The van der Waals surface area contributed by atoms with Crippen LogP contribution in [0.25, 0.3) is 0 Å². The molecule has 110 valence electrons. The minimum atomic E-state index is -0.714. The zero-order valence-electron chi connectivity index (χ0n) is 12.3. The van der Waals surface area contributed by atoms with Crippen LogP contribution in [0, 0.1) is 11.8 Å². The molecule has 0 heterocycles. The van der Waals surface area contributed by atoms with Gasteiger partial charge >= 0.3 is 5.97 Å². The summed E-state index contributed by atoms with van der Waals surface area (Å²) in [6.45, 7) is 4.57. The van der Waals surface area contributed by atoms with Crippen molar-refractivity contribution in [2.45, 2.75) is 51.0 Å². The van der Waals surface area contributed by atoms with Crippen LogP contribution in [0.3, 0.4) is 0 Å². The van der Waals surface area contributed by atoms with Gasteiger partial charge < -0.3 is 15.3 Å². The monoisotopic (exact) mass is 268 g/mol. The summed E-state index contributed by atoms with van der Waals surface area (Å²) >= 11 is 0. The highest BCUT2D eigenvalue weighted by atomic mass is 16.4. The average Bonchev–Trinajstić information content (AvgIpc) is 3.13. The SMILES string of the molecule is CCCNC(CN(C)CC1CCC1)(C(=O)O)C1CC1. The number of carboxylic acid groups (broad SMARTS) is 1. The Morgan fingerprint density at radius 2 is 2.05 bits per heavy atom. The fourth-order valence-corrected chi connectivity index (χ4v) is 3.18. The summed E-state index contributed by atoms with van der Waals surface area (Å²) < 4.78 is 0. The van der Waals surface area contributed by atoms with Crippen LogP contribution in [0.4, 0.5) is 0 Å². The van der Waals surface area contributed by atoms with E-state index in [9.17, 15) is 9.90 Å². The summed E-state index contributed by atoms with van der Waals surface area (Å²) in [6, 6.07) is 0. The second-order valence-corrected chi connectivity index (χ2v) is 6.47. The second-order valence-electron chi connectivity index (χ2n) is 6.47. The summed E-state index contributed by atoms with van der Waals surface area (Å²) in [6.07, 6.45) is 7.07. The van der Waals surface area contributed by atoms with Gasteiger partial charge in [0.1, 0.15) is 5.54 Å². The van der Waals surface area contributed by atoms with Gasteiger partial charge in [0, 0.05) is 13.1 Å². The largest absolute Gasteiger partial charge is 0.480 e. The minimum Gasteiger partial charge on any atom is -0.480 e. The minimum absolute atomic E-state index is 0.320. The van der Waals surface area contributed by atoms with E-state index in [0.717, 1.165) is 38.3 Å². The molecule has 0 spiro atoms. The molecule has 1 atom stereocenters. The van der Waals surface area contributed by atoms with Crippen LogP contribution >= 0.6 is 0 Å². The van der Waals surface area contributed by atoms with Gasteiger partial charge in [-0.1, -0.05) is 13.3 Å². The predicted octanol–water partition coefficient (Wildman–Crippen LogP) is 1.95. The number of carbonyl (C=O) groups is 1. The molecule has 0 aromatic heterocycles. The molecule has 2 aliphatic carbocycles. The smallest absolute Gasteiger partial charge is 0.325 e. The molecule has 0 aliphatic heterocycles. The molecule has 2 fully saturated rings. The number of nitrogens with zero attached hydrogens (tertiary/aromatic N) is 1. The normalized spacial score (nSPS) is 23.1. The van der Waals surface area contributed by atoms with Crippen LogP contribution in [0.1, 0.15) is 45.4 Å². The summed E-state index contributed by atoms with van der Waals surface area (Å²) in [5.41, 5.74) is -0.714. The number of aliphatic carboxylic acids is 1. The van der Waals surface area contributed by atoms with E-state index < -0.39 is 11.5 Å². The molecule has 4 nitrogen and oxygen atoms in total. The Labute approximate surface area is 116 Å². The first kappa shape index (κ1) is 14.8. The van der Waals surface area contributed by atoms with Crippen molar-refractivity contribution in [3.05, 3.63) is 0 Å². The molecule has 0 bridgehead atoms. The first-order valence-corrected chi connectivity index (χ1v) is 7.75. The molecule has 2 saturated carbocycles. The van der Waals surface area contributed by atoms with Gasteiger partial charge in [0.05, 0.1) is 0 Å². The van der Waals surface area contributed by atoms with Gasteiger partial charge in [0.2, 0.25) is 0 Å². The van der Waals surface area contributed by atoms with Crippen molar-refractivity contribution in [1.82, 2.24) is 10.2 Å². The fraction of sp³-hybridized carbons (Fsp3) is 0.933. The molecule has 0 aromatic rings. The summed E-state index contributed by atoms with van der Waals surface area (Å²) in [5.74, 6) is 0.450. The Bertz CT molecular complexity index is 313. The molecule has 0 saturated heterocycles. The van der Waals surface area contributed by atoms with Crippen molar-refractivity contribution in [3.8, 4) is 0 Å². The molecule has 1 unspecified atom stereocenters. The first-order chi connectivity index (χ1) is 9.08. The fourth-order valence-electron chi connectivity index (χ4n) is 3.18. The van der Waals surface area contributed by atoms with Crippen LogP contribution in [0.5, 0.6) is 0 Å². The van der Waals surface area contributed by atoms with E-state index in [1.165, 1.54) is 19.3 Å². The molecule has 19 heavy (non-hydrogen) atoms. The maximum atomic E-state index is 11.8. The van der Waals surface area contributed by atoms with E-state index in [-0.39, 0.29) is 0 Å². The van der Waals surface area contributed by atoms with Gasteiger partial charge in [-0.3, -0.25) is 4.79 Å². The lowest BCUT2D eigenvalue weighted by Crippen LogP contribution is -2.60. The van der Waals surface area contributed by atoms with E-state index >= 15 is 0 Å². The van der Waals surface area contributed by atoms with E-state index in [1.54, 1.807) is 0 Å². The standard InChI is InChI=1S/C15H28N2O2/c1-3-9-16-15(14(18)19,13-7-8-13)11-17(2)10-12-5-4-6-12/h12-13,16H,3-11H2,1-2H3,(H,18,19). The first-order valence-electron chi connectivity index (χ1n) is 7.75. The lowest BCUT2D eigenvalue weighted by atomic mass is 9.84. The van der Waals surface area contributed by atoms with Crippen LogP contribution in [0.2, 0.25) is 0 Å². The number of hydrogen-bond acceptors (Lipinski definition) is 3. The number of rotatable bonds is 9. The Morgan fingerprint density at radius 1 is 1.37 bits per heavy atom. The molecule has 0 radical (unpaired) electrons. The van der Waals surface area contributed by atoms with Crippen LogP contribution in [-0.2, 0) is 4.79 Å². The molecule has 0 amide bonds. The second kappa shape index (κ2) is 6.23. The van der Waals surface area contributed by atoms with Gasteiger partial charge in [-0.25, -0.2) is 0 Å². The van der Waals surface area contributed by atoms with Crippen molar-refractivity contribution in [1.29, 1.82) is 0 Å². The number of nitrogens with one attached hydrogen (secondary N) is 1. The Hall–Kier alpha value is -0.610. The molecule has 2 rings (SSSR count). The summed E-state index contributed by atoms with van der Waals surface area (Å²) in [4.78, 5) is 14.1. The highest BCUT2D eigenvalue weighted by Gasteiger charge is 2.51. The van der Waals surface area contributed by atoms with Crippen LogP contribution in [0.15, 0.2) is 0 Å². The summed E-state index contributed by atoms with van der Waals surface area (Å²) in [5, 5.41) is 13.1. The highest BCUT2D eigenvalue weighted by molar-refractivity contribution is 5.80. The predicted molar refractivity (Wildman–Crippen MR) is 76.2 cm³/mol. The number of likely N-dealkylation sites (N-methyl/N-ethyl adjacent to an activating group) is 1. The maximum absolute atomic E-state index is 11.8. The van der Waals surface area contributed by atoms with Crippen molar-refractivity contribution >= 4 is 5.97 Å². The zero-order valence-corrected chi connectivity index (χ0v) is 12.3. The zero-order chi connectivity index (χ0) is 13.9. The Kier molecular flexibility index (Phi) is 4.85. The molecule has 4 heteroatoms. The molecular weight excluding hydrogens is 240 g/mol. The van der Waals surface area contributed by atoms with Crippen LogP contribution in [-0.4, -0.2) is 48.2 Å². The van der Waals surface area contributed by atoms with E-state index in [0.29, 0.717) is 12.5 Å². The van der Waals surface area contributed by atoms with Gasteiger partial charge in [0.25, 0.3) is 0 Å². The molecule has 0 aromatic carbocycles. The lowest BCUT2D eigenvalue weighted by Gasteiger charge is -2.37. The average molecular weight is 268 g/mol. The van der Waals surface area contributed by atoms with Gasteiger partial charge in [-0.15, -0.1) is 0 Å². The maximum Gasteiger partial charge on any atom is 0.325 e. The number of carboxylic acids is 1. The van der Waals surface area contributed by atoms with Gasteiger partial charge in [0.15, 0.2) is 0 Å². The third-order valence-electron chi connectivity index (χ3n) is 4.66. The van der Waals surface area contributed by atoms with Crippen LogP contribution < -0.4 is 5.32 Å². The molecule has 2 aliphatic rings. The van der Waals surface area contributed by atoms with Crippen molar-refractivity contribution < 1.29 is 9.90 Å². The third-order valence-corrected chi connectivity index (χ3v) is 4.66. The lowest BCUT2D eigenvalue weighted by molar-refractivity contribution is -0.147. The number of hydrogen-bond donors (Lipinski definition) is 2. The van der Waals surface area contributed by atoms with Crippen molar-refractivity contribution in [2.24, 2.45) is 11.8 Å². The van der Waals surface area contributed by atoms with Gasteiger partial charge in [-0.05, 0) is 57.5 Å². The summed E-state index contributed by atoms with van der Waals surface area (Å²) in [7, 11) is 2.08. The van der Waals surface area contributed by atoms with E-state index in [1.807, 2.05) is 0 Å². The Balaban J connectivity index is 1.96.